The molecular weight excluding hydrogens is 238 g/mol. The largest absolute Gasteiger partial charge is 0.508 e. The monoisotopic (exact) mass is 253 g/mol. The van der Waals surface area contributed by atoms with E-state index >= 15 is 0 Å². The molecule has 0 unspecified atom stereocenters. The van der Waals surface area contributed by atoms with E-state index in [1.807, 2.05) is 0 Å². The Hall–Kier alpha value is -2.08. The zero-order chi connectivity index (χ0) is 13.4. The lowest BCUT2D eigenvalue weighted by Crippen LogP contribution is -2.29. The van der Waals surface area contributed by atoms with Gasteiger partial charge >= 0.3 is 5.97 Å². The summed E-state index contributed by atoms with van der Waals surface area (Å²) >= 11 is 0. The Morgan fingerprint density at radius 1 is 1.28 bits per heavy atom. The van der Waals surface area contributed by atoms with Crippen LogP contribution in [0.3, 0.4) is 0 Å². The summed E-state index contributed by atoms with van der Waals surface area (Å²) in [5.41, 5.74) is 0.543. The zero-order valence-electron chi connectivity index (χ0n) is 9.76. The maximum absolute atomic E-state index is 11.5. The van der Waals surface area contributed by atoms with E-state index in [1.54, 1.807) is 18.2 Å². The molecule has 0 atom stereocenters. The quantitative estimate of drug-likeness (QED) is 0.601. The van der Waals surface area contributed by atoms with Crippen LogP contribution in [-0.2, 0) is 20.7 Å². The number of aliphatic carboxylic acids is 1. The van der Waals surface area contributed by atoms with Crippen molar-refractivity contribution >= 4 is 11.9 Å². The fourth-order valence-corrected chi connectivity index (χ4v) is 1.32. The van der Waals surface area contributed by atoms with Gasteiger partial charge in [-0.15, -0.1) is 0 Å². The van der Waals surface area contributed by atoms with Crippen molar-refractivity contribution in [2.45, 2.75) is 6.42 Å². The molecule has 0 saturated carbocycles. The van der Waals surface area contributed by atoms with Crippen LogP contribution in [-0.4, -0.2) is 41.8 Å². The summed E-state index contributed by atoms with van der Waals surface area (Å²) in [5.74, 6) is -1.22. The summed E-state index contributed by atoms with van der Waals surface area (Å²) in [4.78, 5) is 21.6. The van der Waals surface area contributed by atoms with Crippen LogP contribution < -0.4 is 5.32 Å². The van der Waals surface area contributed by atoms with Crippen molar-refractivity contribution in [1.82, 2.24) is 5.32 Å². The van der Waals surface area contributed by atoms with Crippen molar-refractivity contribution in [3.63, 3.8) is 0 Å². The second kappa shape index (κ2) is 7.29. The van der Waals surface area contributed by atoms with Crippen LogP contribution in [0, 0.1) is 0 Å². The molecule has 0 aromatic heterocycles. The maximum atomic E-state index is 11.5. The number of benzene rings is 1. The maximum Gasteiger partial charge on any atom is 0.329 e. The first-order chi connectivity index (χ1) is 8.59. The number of para-hydroxylation sites is 1. The van der Waals surface area contributed by atoms with Crippen molar-refractivity contribution in [2.24, 2.45) is 0 Å². The molecule has 1 aromatic rings. The summed E-state index contributed by atoms with van der Waals surface area (Å²) in [6, 6.07) is 6.59. The van der Waals surface area contributed by atoms with Gasteiger partial charge in [0.05, 0.1) is 13.0 Å². The van der Waals surface area contributed by atoms with Gasteiger partial charge in [0, 0.05) is 12.1 Å². The number of phenols is 1. The van der Waals surface area contributed by atoms with E-state index in [4.69, 9.17) is 9.84 Å². The van der Waals surface area contributed by atoms with E-state index in [9.17, 15) is 14.7 Å². The van der Waals surface area contributed by atoms with Gasteiger partial charge in [-0.2, -0.15) is 0 Å². The van der Waals surface area contributed by atoms with Gasteiger partial charge in [-0.25, -0.2) is 4.79 Å². The SMILES string of the molecule is O=C(O)COCCNC(=O)Cc1ccccc1O. The topological polar surface area (TPSA) is 95.9 Å². The molecule has 0 aliphatic heterocycles. The minimum Gasteiger partial charge on any atom is -0.508 e. The molecule has 0 radical (unpaired) electrons. The van der Waals surface area contributed by atoms with Gasteiger partial charge in [-0.3, -0.25) is 4.79 Å². The van der Waals surface area contributed by atoms with Gasteiger partial charge < -0.3 is 20.3 Å². The fourth-order valence-electron chi connectivity index (χ4n) is 1.32. The average Bonchev–Trinajstić information content (AvgIpc) is 2.31. The molecule has 6 heteroatoms. The van der Waals surface area contributed by atoms with E-state index in [-0.39, 0.29) is 37.8 Å². The van der Waals surface area contributed by atoms with E-state index in [0.717, 1.165) is 0 Å². The summed E-state index contributed by atoms with van der Waals surface area (Å²) in [5, 5.41) is 20.3. The standard InChI is InChI=1S/C12H15NO5/c14-10-4-2-1-3-9(10)7-11(15)13-5-6-18-8-12(16)17/h1-4,14H,5-8H2,(H,13,15)(H,16,17). The number of nitrogens with one attached hydrogen (secondary N) is 1. The van der Waals surface area contributed by atoms with E-state index in [2.05, 4.69) is 5.32 Å². The predicted molar refractivity (Wildman–Crippen MR) is 63.3 cm³/mol. The highest BCUT2D eigenvalue weighted by Gasteiger charge is 2.06. The number of aromatic hydroxyl groups is 1. The number of amides is 1. The molecule has 0 aliphatic carbocycles. The van der Waals surface area contributed by atoms with Gasteiger partial charge in [0.25, 0.3) is 0 Å². The Bertz CT molecular complexity index is 419. The summed E-state index contributed by atoms with van der Waals surface area (Å²) in [7, 11) is 0. The molecule has 1 amide bonds. The van der Waals surface area contributed by atoms with Crippen molar-refractivity contribution in [3.8, 4) is 5.75 Å². The average molecular weight is 253 g/mol. The highest BCUT2D eigenvalue weighted by molar-refractivity contribution is 5.79. The van der Waals surface area contributed by atoms with Gasteiger partial charge in [-0.1, -0.05) is 18.2 Å². The number of phenolic OH excluding ortho intramolecular Hbond substituents is 1. The minimum absolute atomic E-state index is 0.0750. The molecule has 98 valence electrons. The van der Waals surface area contributed by atoms with Crippen molar-refractivity contribution in [1.29, 1.82) is 0 Å². The normalized spacial score (nSPS) is 10.0. The first-order valence-corrected chi connectivity index (χ1v) is 5.42. The van der Waals surface area contributed by atoms with Crippen molar-refractivity contribution in [2.75, 3.05) is 19.8 Å². The smallest absolute Gasteiger partial charge is 0.329 e. The van der Waals surface area contributed by atoms with Crippen molar-refractivity contribution in [3.05, 3.63) is 29.8 Å². The van der Waals surface area contributed by atoms with E-state index in [0.29, 0.717) is 5.56 Å². The van der Waals surface area contributed by atoms with Crippen LogP contribution in [0.5, 0.6) is 5.75 Å². The summed E-state index contributed by atoms with van der Waals surface area (Å²) in [6.07, 6.45) is 0.0750. The first kappa shape index (κ1) is 14.0. The molecule has 0 fully saturated rings. The van der Waals surface area contributed by atoms with Gasteiger partial charge in [0.2, 0.25) is 5.91 Å². The zero-order valence-corrected chi connectivity index (χ0v) is 9.76. The Balaban J connectivity index is 2.22. The van der Waals surface area contributed by atoms with Crippen LogP contribution in [0.2, 0.25) is 0 Å². The number of hydrogen-bond donors (Lipinski definition) is 3. The first-order valence-electron chi connectivity index (χ1n) is 5.42. The molecule has 0 bridgehead atoms. The Morgan fingerprint density at radius 2 is 2.00 bits per heavy atom. The van der Waals surface area contributed by atoms with E-state index in [1.165, 1.54) is 6.07 Å². The van der Waals surface area contributed by atoms with Crippen LogP contribution in [0.15, 0.2) is 24.3 Å². The molecule has 0 spiro atoms. The molecule has 0 aliphatic rings. The lowest BCUT2D eigenvalue weighted by Gasteiger charge is -2.06. The van der Waals surface area contributed by atoms with Gasteiger partial charge in [-0.05, 0) is 6.07 Å². The Morgan fingerprint density at radius 3 is 2.67 bits per heavy atom. The molecule has 1 rings (SSSR count). The number of ether oxygens (including phenoxy) is 1. The van der Waals surface area contributed by atoms with Crippen LogP contribution in [0.1, 0.15) is 5.56 Å². The molecule has 1 aromatic carbocycles. The third-order valence-corrected chi connectivity index (χ3v) is 2.14. The van der Waals surface area contributed by atoms with E-state index < -0.39 is 5.97 Å². The third-order valence-electron chi connectivity index (χ3n) is 2.14. The molecule has 18 heavy (non-hydrogen) atoms. The Kier molecular flexibility index (Phi) is 5.66. The number of carboxylic acid groups (broad SMARTS) is 1. The lowest BCUT2D eigenvalue weighted by molar-refractivity contribution is -0.142. The minimum atomic E-state index is -1.05. The third kappa shape index (κ3) is 5.31. The van der Waals surface area contributed by atoms with Gasteiger partial charge in [0.1, 0.15) is 12.4 Å². The molecule has 6 nitrogen and oxygen atoms in total. The van der Waals surface area contributed by atoms with Crippen molar-refractivity contribution < 1.29 is 24.5 Å². The molecular formula is C12H15NO5. The molecule has 0 saturated heterocycles. The summed E-state index contributed by atoms with van der Waals surface area (Å²) < 4.78 is 4.76. The highest BCUT2D eigenvalue weighted by atomic mass is 16.5. The highest BCUT2D eigenvalue weighted by Crippen LogP contribution is 2.15. The second-order valence-corrected chi connectivity index (χ2v) is 3.60. The number of carbonyl (C=O) groups excluding carboxylic acids is 1. The number of hydrogen-bond acceptors (Lipinski definition) is 4. The summed E-state index contributed by atoms with van der Waals surface area (Å²) in [6.45, 7) is -0.00609. The second-order valence-electron chi connectivity index (χ2n) is 3.60. The van der Waals surface area contributed by atoms with Gasteiger partial charge in [0.15, 0.2) is 0 Å². The fraction of sp³-hybridized carbons (Fsp3) is 0.333. The van der Waals surface area contributed by atoms with Crippen LogP contribution in [0.25, 0.3) is 0 Å². The predicted octanol–water partition coefficient (Wildman–Crippen LogP) is 0.152. The number of carboxylic acids is 1. The molecule has 3 N–H and O–H groups in total. The van der Waals surface area contributed by atoms with Crippen LogP contribution >= 0.6 is 0 Å². The van der Waals surface area contributed by atoms with Crippen LogP contribution in [0.4, 0.5) is 0 Å². The lowest BCUT2D eigenvalue weighted by atomic mass is 10.1. The molecule has 0 heterocycles. The number of carbonyl (C=O) groups is 2. The Labute approximate surface area is 104 Å². The number of rotatable bonds is 7.